The second kappa shape index (κ2) is 6.48. The highest BCUT2D eigenvalue weighted by Crippen LogP contribution is 2.33. The SMILES string of the molecule is CCC(C)(C)c1ccc(OCC2Cn3ccc(=O)nc3O2)c(Cl)c1. The summed E-state index contributed by atoms with van der Waals surface area (Å²) in [6.07, 6.45) is 2.52. The molecule has 2 aromatic rings. The fourth-order valence-corrected chi connectivity index (χ4v) is 2.80. The predicted octanol–water partition coefficient (Wildman–Crippen LogP) is 3.42. The van der Waals surface area contributed by atoms with Crippen LogP contribution in [-0.4, -0.2) is 22.3 Å². The monoisotopic (exact) mass is 348 g/mol. The number of hydrogen-bond acceptors (Lipinski definition) is 4. The summed E-state index contributed by atoms with van der Waals surface area (Å²) in [7, 11) is 0. The first-order chi connectivity index (χ1) is 11.4. The van der Waals surface area contributed by atoms with Crippen LogP contribution in [0.3, 0.4) is 0 Å². The van der Waals surface area contributed by atoms with Gasteiger partial charge in [0.1, 0.15) is 12.4 Å². The molecule has 0 aliphatic carbocycles. The molecule has 1 aromatic carbocycles. The second-order valence-electron chi connectivity index (χ2n) is 6.63. The third-order valence-corrected chi connectivity index (χ3v) is 4.84. The molecule has 1 aliphatic heterocycles. The molecule has 0 radical (unpaired) electrons. The van der Waals surface area contributed by atoms with Crippen LogP contribution in [-0.2, 0) is 12.0 Å². The maximum atomic E-state index is 11.2. The van der Waals surface area contributed by atoms with E-state index in [0.717, 1.165) is 6.42 Å². The van der Waals surface area contributed by atoms with Gasteiger partial charge in [-0.2, -0.15) is 4.98 Å². The predicted molar refractivity (Wildman–Crippen MR) is 93.2 cm³/mol. The van der Waals surface area contributed by atoms with Crippen molar-refractivity contribution in [2.45, 2.75) is 45.3 Å². The highest BCUT2D eigenvalue weighted by Gasteiger charge is 2.24. The number of benzene rings is 1. The van der Waals surface area contributed by atoms with Gasteiger partial charge in [0.05, 0.1) is 11.6 Å². The fraction of sp³-hybridized carbons (Fsp3) is 0.444. The van der Waals surface area contributed by atoms with E-state index in [-0.39, 0.29) is 17.1 Å². The Morgan fingerprint density at radius 2 is 2.21 bits per heavy atom. The Kier molecular flexibility index (Phi) is 4.54. The summed E-state index contributed by atoms with van der Waals surface area (Å²) in [6, 6.07) is 7.67. The minimum Gasteiger partial charge on any atom is -0.488 e. The van der Waals surface area contributed by atoms with Gasteiger partial charge < -0.3 is 9.47 Å². The number of hydrogen-bond donors (Lipinski definition) is 0. The molecule has 3 rings (SSSR count). The minimum atomic E-state index is -0.306. The third-order valence-electron chi connectivity index (χ3n) is 4.54. The molecule has 0 N–H and O–H groups in total. The molecule has 1 unspecified atom stereocenters. The summed E-state index contributed by atoms with van der Waals surface area (Å²) in [5, 5.41) is 0.595. The van der Waals surface area contributed by atoms with E-state index in [0.29, 0.717) is 29.9 Å². The van der Waals surface area contributed by atoms with Crippen LogP contribution in [0, 0.1) is 0 Å². The summed E-state index contributed by atoms with van der Waals surface area (Å²) in [6.45, 7) is 7.48. The Morgan fingerprint density at radius 3 is 2.92 bits per heavy atom. The zero-order valence-electron chi connectivity index (χ0n) is 14.1. The molecular formula is C18H21ClN2O3. The largest absolute Gasteiger partial charge is 0.488 e. The number of fused-ring (bicyclic) bond motifs is 1. The van der Waals surface area contributed by atoms with Crippen LogP contribution >= 0.6 is 11.6 Å². The lowest BCUT2D eigenvalue weighted by Crippen LogP contribution is -2.23. The number of nitrogens with zero attached hydrogens (tertiary/aromatic N) is 2. The Bertz CT molecular complexity index is 801. The lowest BCUT2D eigenvalue weighted by Gasteiger charge is -2.24. The maximum absolute atomic E-state index is 11.2. The van der Waals surface area contributed by atoms with Gasteiger partial charge in [0.25, 0.3) is 11.6 Å². The zero-order chi connectivity index (χ0) is 17.3. The van der Waals surface area contributed by atoms with Gasteiger partial charge in [0.2, 0.25) is 0 Å². The molecule has 128 valence electrons. The third kappa shape index (κ3) is 3.41. The first-order valence-electron chi connectivity index (χ1n) is 8.06. The van der Waals surface area contributed by atoms with E-state index in [2.05, 4.69) is 31.8 Å². The van der Waals surface area contributed by atoms with E-state index >= 15 is 0 Å². The van der Waals surface area contributed by atoms with Gasteiger partial charge in [-0.05, 0) is 29.5 Å². The Hall–Kier alpha value is -2.01. The first kappa shape index (κ1) is 16.8. The van der Waals surface area contributed by atoms with E-state index in [1.54, 1.807) is 10.8 Å². The lowest BCUT2D eigenvalue weighted by atomic mass is 9.82. The van der Waals surface area contributed by atoms with Crippen LogP contribution in [0.25, 0.3) is 0 Å². The zero-order valence-corrected chi connectivity index (χ0v) is 14.8. The van der Waals surface area contributed by atoms with Crippen molar-refractivity contribution in [2.24, 2.45) is 0 Å². The van der Waals surface area contributed by atoms with Gasteiger partial charge in [-0.1, -0.05) is 38.4 Å². The Balaban J connectivity index is 1.65. The van der Waals surface area contributed by atoms with Gasteiger partial charge in [0, 0.05) is 12.3 Å². The summed E-state index contributed by atoms with van der Waals surface area (Å²) < 4.78 is 13.2. The molecule has 0 saturated carbocycles. The van der Waals surface area contributed by atoms with Crippen molar-refractivity contribution < 1.29 is 9.47 Å². The van der Waals surface area contributed by atoms with Crippen molar-refractivity contribution in [2.75, 3.05) is 6.61 Å². The van der Waals surface area contributed by atoms with Crippen LogP contribution in [0.2, 0.25) is 5.02 Å². The van der Waals surface area contributed by atoms with Crippen LogP contribution in [0.15, 0.2) is 35.3 Å². The highest BCUT2D eigenvalue weighted by molar-refractivity contribution is 6.32. The van der Waals surface area contributed by atoms with Crippen molar-refractivity contribution in [3.05, 3.63) is 51.4 Å². The minimum absolute atomic E-state index is 0.0801. The smallest absolute Gasteiger partial charge is 0.300 e. The molecule has 0 spiro atoms. The summed E-state index contributed by atoms with van der Waals surface area (Å²) in [4.78, 5) is 15.1. The van der Waals surface area contributed by atoms with Crippen LogP contribution in [0.1, 0.15) is 32.8 Å². The van der Waals surface area contributed by atoms with Crippen LogP contribution in [0.4, 0.5) is 0 Å². The van der Waals surface area contributed by atoms with Gasteiger partial charge >= 0.3 is 0 Å². The number of halogens is 1. The van der Waals surface area contributed by atoms with E-state index in [1.165, 1.54) is 11.6 Å². The molecule has 5 nitrogen and oxygen atoms in total. The lowest BCUT2D eigenvalue weighted by molar-refractivity contribution is 0.143. The molecule has 24 heavy (non-hydrogen) atoms. The molecule has 0 amide bonds. The van der Waals surface area contributed by atoms with Crippen molar-refractivity contribution in [3.8, 4) is 11.8 Å². The molecule has 0 saturated heterocycles. The Morgan fingerprint density at radius 1 is 1.42 bits per heavy atom. The Labute approximate surface area is 146 Å². The molecule has 1 atom stereocenters. The summed E-state index contributed by atoms with van der Waals surface area (Å²) in [5.74, 6) is 0.634. The number of rotatable bonds is 5. The molecule has 1 aromatic heterocycles. The van der Waals surface area contributed by atoms with E-state index in [4.69, 9.17) is 21.1 Å². The average Bonchev–Trinajstić information content (AvgIpc) is 2.95. The standard InChI is InChI=1S/C18H21ClN2O3/c1-4-18(2,3)12-5-6-15(14(19)9-12)23-11-13-10-21-8-7-16(22)20-17(21)24-13/h5-9,13H,4,10-11H2,1-3H3. The summed E-state index contributed by atoms with van der Waals surface area (Å²) in [5.41, 5.74) is 0.964. The van der Waals surface area contributed by atoms with E-state index in [1.807, 2.05) is 12.1 Å². The van der Waals surface area contributed by atoms with Crippen LogP contribution < -0.4 is 15.0 Å². The highest BCUT2D eigenvalue weighted by atomic mass is 35.5. The van der Waals surface area contributed by atoms with Gasteiger partial charge in [-0.15, -0.1) is 0 Å². The average molecular weight is 349 g/mol. The maximum Gasteiger partial charge on any atom is 0.300 e. The van der Waals surface area contributed by atoms with Crippen LogP contribution in [0.5, 0.6) is 11.8 Å². The van der Waals surface area contributed by atoms with Crippen molar-refractivity contribution in [3.63, 3.8) is 0 Å². The van der Waals surface area contributed by atoms with E-state index < -0.39 is 0 Å². The quantitative estimate of drug-likeness (QED) is 0.830. The van der Waals surface area contributed by atoms with Crippen molar-refractivity contribution in [1.29, 1.82) is 0 Å². The van der Waals surface area contributed by atoms with Gasteiger partial charge in [-0.25, -0.2) is 0 Å². The number of ether oxygens (including phenoxy) is 2. The molecular weight excluding hydrogens is 328 g/mol. The van der Waals surface area contributed by atoms with Crippen molar-refractivity contribution in [1.82, 2.24) is 9.55 Å². The molecule has 1 aliphatic rings. The molecule has 0 bridgehead atoms. The van der Waals surface area contributed by atoms with Gasteiger partial charge in [-0.3, -0.25) is 9.36 Å². The van der Waals surface area contributed by atoms with E-state index in [9.17, 15) is 4.79 Å². The normalized spacial score (nSPS) is 16.6. The summed E-state index contributed by atoms with van der Waals surface area (Å²) >= 11 is 6.36. The van der Waals surface area contributed by atoms with Crippen molar-refractivity contribution >= 4 is 11.6 Å². The molecule has 0 fully saturated rings. The van der Waals surface area contributed by atoms with Gasteiger partial charge in [0.15, 0.2) is 6.10 Å². The fourth-order valence-electron chi connectivity index (χ4n) is 2.56. The topological polar surface area (TPSA) is 53.4 Å². The number of aromatic nitrogens is 2. The second-order valence-corrected chi connectivity index (χ2v) is 7.04. The molecule has 2 heterocycles. The molecule has 6 heteroatoms. The first-order valence-corrected chi connectivity index (χ1v) is 8.44.